The molecule has 24 heavy (non-hydrogen) atoms. The molecule has 1 heterocycles. The van der Waals surface area contributed by atoms with Gasteiger partial charge in [-0.05, 0) is 25.5 Å². The highest BCUT2D eigenvalue weighted by molar-refractivity contribution is 5.79. The molecule has 1 amide bonds. The minimum Gasteiger partial charge on any atom is -0.389 e. The summed E-state index contributed by atoms with van der Waals surface area (Å²) in [4.78, 5) is 16.0. The second-order valence-corrected chi connectivity index (χ2v) is 6.80. The first-order valence-corrected chi connectivity index (χ1v) is 7.94. The Morgan fingerprint density at radius 1 is 1.12 bits per heavy atom. The standard InChI is InChI=1S/C17H23F3N2O2/c1-16(2,24)12-21-7-9-22(10-8-21)15(23)11-13-5-3-4-6-14(13)17(18,19)20/h3-6,24H,7-12H2,1-2H3. The predicted molar refractivity (Wildman–Crippen MR) is 84.5 cm³/mol. The Morgan fingerprint density at radius 3 is 2.25 bits per heavy atom. The maximum Gasteiger partial charge on any atom is 0.416 e. The van der Waals surface area contributed by atoms with Gasteiger partial charge >= 0.3 is 6.18 Å². The van der Waals surface area contributed by atoms with Gasteiger partial charge in [-0.2, -0.15) is 13.2 Å². The van der Waals surface area contributed by atoms with E-state index in [4.69, 9.17) is 0 Å². The van der Waals surface area contributed by atoms with E-state index in [1.807, 2.05) is 4.90 Å². The zero-order chi connectivity index (χ0) is 18.0. The van der Waals surface area contributed by atoms with Gasteiger partial charge in [0.15, 0.2) is 0 Å². The van der Waals surface area contributed by atoms with Gasteiger partial charge in [0.2, 0.25) is 5.91 Å². The minimum atomic E-state index is -4.46. The molecule has 1 aromatic rings. The van der Waals surface area contributed by atoms with Gasteiger partial charge in [0.1, 0.15) is 0 Å². The van der Waals surface area contributed by atoms with Crippen LogP contribution in [0.2, 0.25) is 0 Å². The van der Waals surface area contributed by atoms with E-state index in [2.05, 4.69) is 0 Å². The number of aliphatic hydroxyl groups is 1. The summed E-state index contributed by atoms with van der Waals surface area (Å²) in [6, 6.07) is 5.19. The average Bonchev–Trinajstić information content (AvgIpc) is 2.45. The minimum absolute atomic E-state index is 0.00826. The summed E-state index contributed by atoms with van der Waals surface area (Å²) >= 11 is 0. The molecule has 1 aliphatic heterocycles. The summed E-state index contributed by atoms with van der Waals surface area (Å²) in [5.41, 5.74) is -1.55. The predicted octanol–water partition coefficient (Wildman–Crippen LogP) is 2.16. The number of hydrogen-bond donors (Lipinski definition) is 1. The summed E-state index contributed by atoms with van der Waals surface area (Å²) in [6.45, 7) is 6.09. The number of hydrogen-bond acceptors (Lipinski definition) is 3. The lowest BCUT2D eigenvalue weighted by Crippen LogP contribution is -2.52. The van der Waals surface area contributed by atoms with Crippen LogP contribution >= 0.6 is 0 Å². The van der Waals surface area contributed by atoms with Crippen LogP contribution in [0.5, 0.6) is 0 Å². The van der Waals surface area contributed by atoms with E-state index in [1.54, 1.807) is 18.7 Å². The van der Waals surface area contributed by atoms with Gasteiger partial charge in [-0.15, -0.1) is 0 Å². The smallest absolute Gasteiger partial charge is 0.389 e. The van der Waals surface area contributed by atoms with Crippen molar-refractivity contribution in [2.24, 2.45) is 0 Å². The number of amides is 1. The van der Waals surface area contributed by atoms with Crippen molar-refractivity contribution in [2.75, 3.05) is 32.7 Å². The molecule has 1 aromatic carbocycles. The van der Waals surface area contributed by atoms with Crippen molar-refractivity contribution in [2.45, 2.75) is 32.0 Å². The van der Waals surface area contributed by atoms with Crippen molar-refractivity contribution in [3.8, 4) is 0 Å². The molecular weight excluding hydrogens is 321 g/mol. The highest BCUT2D eigenvalue weighted by Crippen LogP contribution is 2.32. The monoisotopic (exact) mass is 344 g/mol. The van der Waals surface area contributed by atoms with Gasteiger partial charge in [-0.1, -0.05) is 18.2 Å². The van der Waals surface area contributed by atoms with Crippen LogP contribution in [0, 0.1) is 0 Å². The van der Waals surface area contributed by atoms with E-state index in [1.165, 1.54) is 18.2 Å². The fraction of sp³-hybridized carbons (Fsp3) is 0.588. The van der Waals surface area contributed by atoms with E-state index in [0.717, 1.165) is 6.07 Å². The average molecular weight is 344 g/mol. The molecule has 0 unspecified atom stereocenters. The number of alkyl halides is 3. The zero-order valence-corrected chi connectivity index (χ0v) is 13.9. The third-order valence-electron chi connectivity index (χ3n) is 4.00. The molecule has 2 rings (SSSR count). The molecular formula is C17H23F3N2O2. The maximum absolute atomic E-state index is 13.0. The highest BCUT2D eigenvalue weighted by Gasteiger charge is 2.34. The van der Waals surface area contributed by atoms with Gasteiger partial charge in [0.25, 0.3) is 0 Å². The molecule has 0 aliphatic carbocycles. The molecule has 0 atom stereocenters. The summed E-state index contributed by atoms with van der Waals surface area (Å²) < 4.78 is 39.0. The Hall–Kier alpha value is -1.60. The quantitative estimate of drug-likeness (QED) is 0.910. The van der Waals surface area contributed by atoms with E-state index < -0.39 is 17.3 Å². The Balaban J connectivity index is 1.96. The summed E-state index contributed by atoms with van der Waals surface area (Å²) in [5, 5.41) is 9.82. The SMILES string of the molecule is CC(C)(O)CN1CCN(C(=O)Cc2ccccc2C(F)(F)F)CC1. The van der Waals surface area contributed by atoms with Crippen molar-refractivity contribution in [3.05, 3.63) is 35.4 Å². The molecule has 1 N–H and O–H groups in total. The number of carbonyl (C=O) groups is 1. The molecule has 1 aliphatic rings. The second kappa shape index (κ2) is 7.11. The molecule has 4 nitrogen and oxygen atoms in total. The Bertz CT molecular complexity index is 574. The third-order valence-corrected chi connectivity index (χ3v) is 4.00. The second-order valence-electron chi connectivity index (χ2n) is 6.80. The fourth-order valence-electron chi connectivity index (χ4n) is 2.93. The van der Waals surface area contributed by atoms with Gasteiger partial charge in [-0.3, -0.25) is 9.69 Å². The summed E-state index contributed by atoms with van der Waals surface area (Å²) in [5.74, 6) is -0.297. The number of β-amino-alcohol motifs (C(OH)–C–C–N with tert-alkyl or cyclic N) is 1. The van der Waals surface area contributed by atoms with Crippen LogP contribution < -0.4 is 0 Å². The van der Waals surface area contributed by atoms with E-state index >= 15 is 0 Å². The van der Waals surface area contributed by atoms with Crippen LogP contribution in [-0.2, 0) is 17.4 Å². The topological polar surface area (TPSA) is 43.8 Å². The molecule has 0 saturated carbocycles. The number of piperazine rings is 1. The molecule has 0 radical (unpaired) electrons. The van der Waals surface area contributed by atoms with E-state index in [9.17, 15) is 23.1 Å². The molecule has 1 fully saturated rings. The number of rotatable bonds is 4. The lowest BCUT2D eigenvalue weighted by Gasteiger charge is -2.37. The van der Waals surface area contributed by atoms with E-state index in [0.29, 0.717) is 32.7 Å². The summed E-state index contributed by atoms with van der Waals surface area (Å²) in [7, 11) is 0. The number of carbonyl (C=O) groups excluding carboxylic acids is 1. The van der Waals surface area contributed by atoms with Crippen LogP contribution in [0.25, 0.3) is 0 Å². The first kappa shape index (κ1) is 18.7. The van der Waals surface area contributed by atoms with E-state index in [-0.39, 0.29) is 17.9 Å². The maximum atomic E-state index is 13.0. The molecule has 0 bridgehead atoms. The van der Waals surface area contributed by atoms with Crippen LogP contribution in [0.3, 0.4) is 0 Å². The first-order valence-electron chi connectivity index (χ1n) is 7.94. The Labute approximate surface area is 139 Å². The summed E-state index contributed by atoms with van der Waals surface area (Å²) in [6.07, 6.45) is -4.70. The normalized spacial score (nSPS) is 17.2. The number of halogens is 3. The van der Waals surface area contributed by atoms with Crippen LogP contribution in [-0.4, -0.2) is 59.1 Å². The lowest BCUT2D eigenvalue weighted by molar-refractivity contribution is -0.139. The van der Waals surface area contributed by atoms with Crippen LogP contribution in [0.4, 0.5) is 13.2 Å². The van der Waals surface area contributed by atoms with Crippen molar-refractivity contribution < 1.29 is 23.1 Å². The Morgan fingerprint density at radius 2 is 1.71 bits per heavy atom. The molecule has 0 aromatic heterocycles. The molecule has 0 spiro atoms. The highest BCUT2D eigenvalue weighted by atomic mass is 19.4. The van der Waals surface area contributed by atoms with Crippen molar-refractivity contribution in [1.29, 1.82) is 0 Å². The van der Waals surface area contributed by atoms with Crippen molar-refractivity contribution in [3.63, 3.8) is 0 Å². The molecule has 7 heteroatoms. The number of nitrogens with zero attached hydrogens (tertiary/aromatic N) is 2. The van der Waals surface area contributed by atoms with Gasteiger partial charge in [-0.25, -0.2) is 0 Å². The fourth-order valence-corrected chi connectivity index (χ4v) is 2.93. The third kappa shape index (κ3) is 5.21. The number of benzene rings is 1. The Kier molecular flexibility index (Phi) is 5.55. The molecule has 134 valence electrons. The van der Waals surface area contributed by atoms with Crippen molar-refractivity contribution >= 4 is 5.91 Å². The molecule has 1 saturated heterocycles. The first-order chi connectivity index (χ1) is 11.1. The van der Waals surface area contributed by atoms with Crippen LogP contribution in [0.15, 0.2) is 24.3 Å². The zero-order valence-electron chi connectivity index (χ0n) is 13.9. The van der Waals surface area contributed by atoms with Crippen molar-refractivity contribution in [1.82, 2.24) is 9.80 Å². The lowest BCUT2D eigenvalue weighted by atomic mass is 10.0. The van der Waals surface area contributed by atoms with Gasteiger partial charge in [0.05, 0.1) is 17.6 Å². The largest absolute Gasteiger partial charge is 0.416 e. The van der Waals surface area contributed by atoms with Gasteiger partial charge < -0.3 is 10.0 Å². The van der Waals surface area contributed by atoms with Crippen LogP contribution in [0.1, 0.15) is 25.0 Å². The van der Waals surface area contributed by atoms with Gasteiger partial charge in [0, 0.05) is 32.7 Å².